The molecule has 5 nitrogen and oxygen atoms in total. The molecule has 0 aliphatic carbocycles. The van der Waals surface area contributed by atoms with E-state index in [0.29, 0.717) is 25.2 Å². The van der Waals surface area contributed by atoms with Gasteiger partial charge in [0.05, 0.1) is 11.3 Å². The zero-order chi connectivity index (χ0) is 28.4. The van der Waals surface area contributed by atoms with Crippen LogP contribution in [0.1, 0.15) is 16.8 Å². The van der Waals surface area contributed by atoms with Crippen LogP contribution in [-0.2, 0) is 19.1 Å². The van der Waals surface area contributed by atoms with Gasteiger partial charge in [0.2, 0.25) is 0 Å². The monoisotopic (exact) mass is 570 g/mol. The molecule has 9 heteroatoms. The number of fused-ring (bicyclic) bond motifs is 2. The smallest absolute Gasteiger partial charge is 0.320 e. The number of carbonyl (C=O) groups excluding carboxylic acids is 1. The van der Waals surface area contributed by atoms with Gasteiger partial charge >= 0.3 is 12.2 Å². The van der Waals surface area contributed by atoms with E-state index in [1.165, 1.54) is 17.5 Å². The van der Waals surface area contributed by atoms with E-state index in [0.717, 1.165) is 45.0 Å². The predicted octanol–water partition coefficient (Wildman–Crippen LogP) is 8.51. The lowest BCUT2D eigenvalue weighted by Crippen LogP contribution is -2.36. The Hall–Kier alpha value is -4.63. The molecule has 0 fully saturated rings. The molecular formula is C32H25F3N4OS. The van der Waals surface area contributed by atoms with Crippen molar-refractivity contribution in [1.29, 1.82) is 0 Å². The third-order valence-electron chi connectivity index (χ3n) is 6.93. The number of carbonyl (C=O) groups is 1. The first-order valence-corrected chi connectivity index (χ1v) is 13.9. The van der Waals surface area contributed by atoms with Gasteiger partial charge in [0.15, 0.2) is 4.96 Å². The highest BCUT2D eigenvalue weighted by Gasteiger charge is 2.30. The van der Waals surface area contributed by atoms with Gasteiger partial charge < -0.3 is 10.2 Å². The molecule has 2 amide bonds. The highest BCUT2D eigenvalue weighted by atomic mass is 32.1. The average Bonchev–Trinajstić information content (AvgIpc) is 3.57. The molecule has 0 saturated carbocycles. The molecule has 0 aliphatic rings. The number of benzene rings is 4. The maximum atomic E-state index is 13.3. The lowest BCUT2D eigenvalue weighted by Gasteiger charge is -2.23. The Morgan fingerprint density at radius 3 is 2.39 bits per heavy atom. The number of anilines is 1. The van der Waals surface area contributed by atoms with Gasteiger partial charge in [0.1, 0.15) is 0 Å². The summed E-state index contributed by atoms with van der Waals surface area (Å²) in [6.07, 6.45) is -1.84. The summed E-state index contributed by atoms with van der Waals surface area (Å²) in [4.78, 5) is 20.7. The first kappa shape index (κ1) is 26.6. The van der Waals surface area contributed by atoms with Crippen LogP contribution < -0.4 is 5.32 Å². The molecule has 0 spiro atoms. The highest BCUT2D eigenvalue weighted by Crippen LogP contribution is 2.30. The minimum atomic E-state index is -4.44. The molecule has 0 saturated heterocycles. The van der Waals surface area contributed by atoms with Crippen LogP contribution >= 0.6 is 11.3 Å². The number of imidazole rings is 1. The van der Waals surface area contributed by atoms with E-state index in [2.05, 4.69) is 40.0 Å². The summed E-state index contributed by atoms with van der Waals surface area (Å²) < 4.78 is 40.9. The summed E-state index contributed by atoms with van der Waals surface area (Å²) in [5, 5.41) is 7.12. The van der Waals surface area contributed by atoms with E-state index in [9.17, 15) is 18.0 Å². The number of amides is 2. The van der Waals surface area contributed by atoms with E-state index >= 15 is 0 Å². The molecule has 0 bridgehead atoms. The number of hydrogen-bond acceptors (Lipinski definition) is 3. The fourth-order valence-corrected chi connectivity index (χ4v) is 5.66. The van der Waals surface area contributed by atoms with Gasteiger partial charge in [-0.3, -0.25) is 4.40 Å². The van der Waals surface area contributed by atoms with E-state index in [-0.39, 0.29) is 6.03 Å². The summed E-state index contributed by atoms with van der Waals surface area (Å²) in [7, 11) is 0. The maximum Gasteiger partial charge on any atom is 0.416 e. The van der Waals surface area contributed by atoms with E-state index < -0.39 is 11.7 Å². The molecular weight excluding hydrogens is 545 g/mol. The Balaban J connectivity index is 1.21. The molecule has 6 rings (SSSR count). The van der Waals surface area contributed by atoms with Crippen molar-refractivity contribution in [2.75, 3.05) is 11.9 Å². The van der Waals surface area contributed by atoms with Gasteiger partial charge in [-0.05, 0) is 46.7 Å². The topological polar surface area (TPSA) is 49.6 Å². The number of urea groups is 1. The van der Waals surface area contributed by atoms with Crippen LogP contribution in [0.3, 0.4) is 0 Å². The van der Waals surface area contributed by atoms with Gasteiger partial charge in [0.25, 0.3) is 0 Å². The number of nitrogens with zero attached hydrogens (tertiary/aromatic N) is 3. The molecule has 2 heterocycles. The molecule has 6 aromatic rings. The number of alkyl halides is 3. The van der Waals surface area contributed by atoms with Crippen molar-refractivity contribution in [1.82, 2.24) is 14.3 Å². The number of halogens is 3. The van der Waals surface area contributed by atoms with E-state index in [4.69, 9.17) is 4.98 Å². The molecule has 206 valence electrons. The second kappa shape index (κ2) is 11.1. The molecule has 0 aliphatic heterocycles. The molecule has 0 atom stereocenters. The van der Waals surface area contributed by atoms with Crippen LogP contribution in [0.4, 0.5) is 23.7 Å². The summed E-state index contributed by atoms with van der Waals surface area (Å²) >= 11 is 1.54. The van der Waals surface area contributed by atoms with Crippen LogP contribution in [0.2, 0.25) is 0 Å². The zero-order valence-electron chi connectivity index (χ0n) is 21.8. The van der Waals surface area contributed by atoms with Crippen molar-refractivity contribution in [3.63, 3.8) is 0 Å². The molecule has 1 N–H and O–H groups in total. The molecule has 2 aromatic heterocycles. The number of hydrogen-bond donors (Lipinski definition) is 1. The fraction of sp³-hybridized carbons (Fsp3) is 0.125. The standard InChI is InChI=1S/C32H25F3N4OS/c33-32(34,35)26-12-14-27(15-13-26)36-30(40)38(19-22-6-2-1-3-7-22)17-16-28-21-41-31-37-29(20-39(28)31)25-11-10-23-8-4-5-9-24(23)18-25/h1-15,18,20-21H,16-17,19H2,(H,36,40). The Bertz CT molecular complexity index is 1810. The van der Waals surface area contributed by atoms with Gasteiger partial charge in [-0.25, -0.2) is 9.78 Å². The van der Waals surface area contributed by atoms with Crippen molar-refractivity contribution in [2.24, 2.45) is 0 Å². The Morgan fingerprint density at radius 2 is 1.63 bits per heavy atom. The number of aromatic nitrogens is 2. The van der Waals surface area contributed by atoms with Crippen LogP contribution in [-0.4, -0.2) is 26.9 Å². The largest absolute Gasteiger partial charge is 0.416 e. The number of thiazole rings is 1. The lowest BCUT2D eigenvalue weighted by atomic mass is 10.1. The Kier molecular flexibility index (Phi) is 7.19. The summed E-state index contributed by atoms with van der Waals surface area (Å²) in [6, 6.07) is 28.2. The van der Waals surface area contributed by atoms with Crippen molar-refractivity contribution < 1.29 is 18.0 Å². The molecule has 41 heavy (non-hydrogen) atoms. The van der Waals surface area contributed by atoms with Gasteiger partial charge in [0, 0.05) is 48.0 Å². The maximum absolute atomic E-state index is 13.3. The SMILES string of the molecule is O=C(Nc1ccc(C(F)(F)F)cc1)N(CCc1csc2nc(-c3ccc4ccccc4c3)cn12)Cc1ccccc1. The molecule has 4 aromatic carbocycles. The normalized spacial score (nSPS) is 11.7. The third-order valence-corrected chi connectivity index (χ3v) is 7.82. The first-order chi connectivity index (χ1) is 19.8. The third kappa shape index (κ3) is 5.95. The van der Waals surface area contributed by atoms with Crippen LogP contribution in [0.15, 0.2) is 109 Å². The average molecular weight is 571 g/mol. The minimum Gasteiger partial charge on any atom is -0.320 e. The van der Waals surface area contributed by atoms with Gasteiger partial charge in [-0.15, -0.1) is 11.3 Å². The highest BCUT2D eigenvalue weighted by molar-refractivity contribution is 7.15. The fourth-order valence-electron chi connectivity index (χ4n) is 4.75. The van der Waals surface area contributed by atoms with Gasteiger partial charge in [-0.2, -0.15) is 13.2 Å². The van der Waals surface area contributed by atoms with Crippen molar-refractivity contribution in [3.05, 3.63) is 125 Å². The second-order valence-electron chi connectivity index (χ2n) is 9.73. The van der Waals surface area contributed by atoms with Crippen molar-refractivity contribution in [3.8, 4) is 11.3 Å². The van der Waals surface area contributed by atoms with E-state index in [1.54, 1.807) is 16.2 Å². The van der Waals surface area contributed by atoms with Crippen LogP contribution in [0.5, 0.6) is 0 Å². The summed E-state index contributed by atoms with van der Waals surface area (Å²) in [5.41, 5.74) is 3.42. The Labute approximate surface area is 238 Å². The first-order valence-electron chi connectivity index (χ1n) is 13.1. The van der Waals surface area contributed by atoms with Crippen molar-refractivity contribution >= 4 is 38.8 Å². The summed E-state index contributed by atoms with van der Waals surface area (Å²) in [6.45, 7) is 0.754. The lowest BCUT2D eigenvalue weighted by molar-refractivity contribution is -0.137. The quantitative estimate of drug-likeness (QED) is 0.209. The van der Waals surface area contributed by atoms with Crippen LogP contribution in [0, 0.1) is 0 Å². The van der Waals surface area contributed by atoms with Gasteiger partial charge in [-0.1, -0.05) is 66.7 Å². The summed E-state index contributed by atoms with van der Waals surface area (Å²) in [5.74, 6) is 0. The number of rotatable bonds is 7. The molecule has 0 unspecified atom stereocenters. The van der Waals surface area contributed by atoms with Crippen molar-refractivity contribution in [2.45, 2.75) is 19.1 Å². The minimum absolute atomic E-state index is 0.300. The van der Waals surface area contributed by atoms with E-state index in [1.807, 2.05) is 54.0 Å². The number of nitrogens with one attached hydrogen (secondary N) is 1. The molecule has 0 radical (unpaired) electrons. The second-order valence-corrected chi connectivity index (χ2v) is 10.6. The Morgan fingerprint density at radius 1 is 0.902 bits per heavy atom. The predicted molar refractivity (Wildman–Crippen MR) is 157 cm³/mol. The zero-order valence-corrected chi connectivity index (χ0v) is 22.6. The van der Waals surface area contributed by atoms with Crippen LogP contribution in [0.25, 0.3) is 27.0 Å².